The van der Waals surface area contributed by atoms with Crippen LogP contribution in [0.15, 0.2) is 0 Å². The summed E-state index contributed by atoms with van der Waals surface area (Å²) in [4.78, 5) is 0. The van der Waals surface area contributed by atoms with E-state index in [4.69, 9.17) is 4.74 Å². The van der Waals surface area contributed by atoms with Gasteiger partial charge in [0, 0.05) is 0 Å². The summed E-state index contributed by atoms with van der Waals surface area (Å²) in [5.74, 6) is 0.805. The highest BCUT2D eigenvalue weighted by atomic mass is 16.5. The number of fused-ring (bicyclic) bond motifs is 1. The summed E-state index contributed by atoms with van der Waals surface area (Å²) in [6, 6.07) is 0. The second-order valence-corrected chi connectivity index (χ2v) is 5.62. The molecule has 2 nitrogen and oxygen atoms in total. The molecule has 2 heterocycles. The Labute approximate surface area is 79.3 Å². The maximum Gasteiger partial charge on any atom is 0.0919 e. The number of rotatable bonds is 0. The Morgan fingerprint density at radius 1 is 1.23 bits per heavy atom. The van der Waals surface area contributed by atoms with Gasteiger partial charge in [-0.1, -0.05) is 6.92 Å². The van der Waals surface area contributed by atoms with Gasteiger partial charge in [-0.2, -0.15) is 0 Å². The van der Waals surface area contributed by atoms with Gasteiger partial charge >= 0.3 is 0 Å². The second kappa shape index (κ2) is 2.12. The summed E-state index contributed by atoms with van der Waals surface area (Å²) in [5, 5.41) is 9.96. The molecule has 4 rings (SSSR count). The van der Waals surface area contributed by atoms with Crippen molar-refractivity contribution in [2.45, 2.75) is 57.3 Å². The van der Waals surface area contributed by atoms with Crippen LogP contribution in [0.2, 0.25) is 0 Å². The maximum atomic E-state index is 9.96. The largest absolute Gasteiger partial charge is 0.390 e. The minimum atomic E-state index is -0.233. The van der Waals surface area contributed by atoms with E-state index in [1.807, 2.05) is 0 Å². The molecular formula is C11H18O2. The van der Waals surface area contributed by atoms with Crippen molar-refractivity contribution in [1.29, 1.82) is 0 Å². The number of aliphatic hydroxyl groups is 1. The third-order valence-electron chi connectivity index (χ3n) is 4.85. The molecule has 5 atom stereocenters. The predicted octanol–water partition coefficient (Wildman–Crippen LogP) is 1.71. The molecule has 2 aliphatic carbocycles. The number of hydrogen-bond donors (Lipinski definition) is 1. The topological polar surface area (TPSA) is 29.5 Å². The zero-order valence-corrected chi connectivity index (χ0v) is 8.42. The van der Waals surface area contributed by atoms with Gasteiger partial charge in [0.25, 0.3) is 0 Å². The molecule has 2 saturated carbocycles. The van der Waals surface area contributed by atoms with Crippen molar-refractivity contribution >= 4 is 0 Å². The summed E-state index contributed by atoms with van der Waals surface area (Å²) in [5.41, 5.74) is 0.0702. The first-order chi connectivity index (χ1) is 6.05. The lowest BCUT2D eigenvalue weighted by molar-refractivity contribution is -0.267. The zero-order chi connectivity index (χ0) is 9.27. The molecule has 0 unspecified atom stereocenters. The van der Waals surface area contributed by atoms with Crippen LogP contribution in [-0.4, -0.2) is 22.9 Å². The fourth-order valence-electron chi connectivity index (χ4n) is 3.81. The molecule has 2 aliphatic heterocycles. The van der Waals surface area contributed by atoms with Gasteiger partial charge in [0.05, 0.1) is 17.8 Å². The number of hydrogen-bond acceptors (Lipinski definition) is 2. The third kappa shape index (κ3) is 0.816. The highest BCUT2D eigenvalue weighted by Gasteiger charge is 2.63. The molecular weight excluding hydrogens is 164 g/mol. The van der Waals surface area contributed by atoms with Gasteiger partial charge in [0.2, 0.25) is 0 Å². The molecule has 2 saturated heterocycles. The first-order valence-electron chi connectivity index (χ1n) is 5.40. The second-order valence-electron chi connectivity index (χ2n) is 5.62. The van der Waals surface area contributed by atoms with E-state index in [0.29, 0.717) is 6.10 Å². The van der Waals surface area contributed by atoms with Gasteiger partial charge in [-0.05, 0) is 43.9 Å². The van der Waals surface area contributed by atoms with Crippen molar-refractivity contribution in [2.24, 2.45) is 11.3 Å². The lowest BCUT2D eigenvalue weighted by Crippen LogP contribution is -2.62. The Bertz CT molecular complexity index is 234. The highest BCUT2D eigenvalue weighted by Crippen LogP contribution is 2.61. The van der Waals surface area contributed by atoms with E-state index >= 15 is 0 Å². The number of ether oxygens (including phenoxy) is 1. The lowest BCUT2D eigenvalue weighted by atomic mass is 9.60. The first kappa shape index (κ1) is 8.25. The molecule has 0 aromatic carbocycles. The highest BCUT2D eigenvalue weighted by molar-refractivity contribution is 5.12. The molecule has 74 valence electrons. The average molecular weight is 182 g/mol. The van der Waals surface area contributed by atoms with Gasteiger partial charge in [-0.3, -0.25) is 0 Å². The quantitative estimate of drug-likeness (QED) is 0.618. The van der Waals surface area contributed by atoms with Crippen molar-refractivity contribution in [1.82, 2.24) is 0 Å². The van der Waals surface area contributed by atoms with Crippen molar-refractivity contribution in [3.05, 3.63) is 0 Å². The van der Waals surface area contributed by atoms with Gasteiger partial charge in [-0.25, -0.2) is 0 Å². The predicted molar refractivity (Wildman–Crippen MR) is 49.3 cm³/mol. The van der Waals surface area contributed by atoms with Crippen molar-refractivity contribution < 1.29 is 9.84 Å². The average Bonchev–Trinajstić information content (AvgIpc) is 2.30. The minimum absolute atomic E-state index is 0.219. The van der Waals surface area contributed by atoms with Crippen molar-refractivity contribution in [2.75, 3.05) is 0 Å². The minimum Gasteiger partial charge on any atom is -0.390 e. The van der Waals surface area contributed by atoms with Gasteiger partial charge in [-0.15, -0.1) is 0 Å². The van der Waals surface area contributed by atoms with Gasteiger partial charge < -0.3 is 9.84 Å². The normalized spacial score (nSPS) is 64.4. The molecule has 4 fully saturated rings. The molecule has 0 amide bonds. The van der Waals surface area contributed by atoms with Crippen molar-refractivity contribution in [3.63, 3.8) is 0 Å². The van der Waals surface area contributed by atoms with E-state index in [0.717, 1.165) is 18.8 Å². The van der Waals surface area contributed by atoms with E-state index in [1.165, 1.54) is 12.8 Å². The van der Waals surface area contributed by atoms with Crippen LogP contribution < -0.4 is 0 Å². The Balaban J connectivity index is 2.03. The number of aliphatic hydroxyl groups excluding tert-OH is 1. The Hall–Kier alpha value is -0.0800. The summed E-state index contributed by atoms with van der Waals surface area (Å²) >= 11 is 0. The van der Waals surface area contributed by atoms with E-state index in [9.17, 15) is 5.11 Å². The molecule has 2 heteroatoms. The molecule has 4 bridgehead atoms. The summed E-state index contributed by atoms with van der Waals surface area (Å²) in [7, 11) is 0. The van der Waals surface area contributed by atoms with Gasteiger partial charge in [0.1, 0.15) is 0 Å². The third-order valence-corrected chi connectivity index (χ3v) is 4.85. The molecule has 4 aliphatic rings. The van der Waals surface area contributed by atoms with Crippen LogP contribution in [-0.2, 0) is 4.74 Å². The van der Waals surface area contributed by atoms with Crippen LogP contribution in [0.3, 0.4) is 0 Å². The molecule has 0 aromatic rings. The van der Waals surface area contributed by atoms with E-state index in [1.54, 1.807) is 0 Å². The summed E-state index contributed by atoms with van der Waals surface area (Å²) in [6.07, 6.45) is 4.75. The van der Waals surface area contributed by atoms with Crippen molar-refractivity contribution in [3.8, 4) is 0 Å². The van der Waals surface area contributed by atoms with E-state index < -0.39 is 0 Å². The van der Waals surface area contributed by atoms with Crippen LogP contribution in [0, 0.1) is 11.3 Å². The monoisotopic (exact) mass is 182 g/mol. The van der Waals surface area contributed by atoms with E-state index in [2.05, 4.69) is 13.8 Å². The standard InChI is InChI=1S/C11H18O2/c1-10-6-8(12)11(2)5-7(10)3-4-9(10)13-11/h7-9,12H,3-6H2,1-2H3/t7-,8-,9-,10-,11-/m0/s1. The maximum absolute atomic E-state index is 9.96. The Morgan fingerprint density at radius 3 is 2.69 bits per heavy atom. The molecule has 13 heavy (non-hydrogen) atoms. The van der Waals surface area contributed by atoms with Crippen LogP contribution >= 0.6 is 0 Å². The molecule has 0 spiro atoms. The Morgan fingerprint density at radius 2 is 2.00 bits per heavy atom. The summed E-state index contributed by atoms with van der Waals surface area (Å²) in [6.45, 7) is 4.39. The van der Waals surface area contributed by atoms with Crippen LogP contribution in [0.4, 0.5) is 0 Å². The fourth-order valence-corrected chi connectivity index (χ4v) is 3.81. The van der Waals surface area contributed by atoms with Crippen LogP contribution in [0.5, 0.6) is 0 Å². The van der Waals surface area contributed by atoms with E-state index in [-0.39, 0.29) is 17.1 Å². The molecule has 0 radical (unpaired) electrons. The first-order valence-corrected chi connectivity index (χ1v) is 5.40. The van der Waals surface area contributed by atoms with Crippen LogP contribution in [0.25, 0.3) is 0 Å². The summed E-state index contributed by atoms with van der Waals surface area (Å²) < 4.78 is 6.03. The lowest BCUT2D eigenvalue weighted by Gasteiger charge is -2.57. The van der Waals surface area contributed by atoms with Gasteiger partial charge in [0.15, 0.2) is 0 Å². The zero-order valence-electron chi connectivity index (χ0n) is 8.42. The van der Waals surface area contributed by atoms with Crippen LogP contribution in [0.1, 0.15) is 39.5 Å². The smallest absolute Gasteiger partial charge is 0.0919 e. The molecule has 1 N–H and O–H groups in total. The Kier molecular flexibility index (Phi) is 1.34. The fraction of sp³-hybridized carbons (Fsp3) is 1.00. The SMILES string of the molecule is C[C@]12C[C@H](O)[C@]3(C)C[C@@H]1CC[C@@H]2O3. The molecule has 0 aromatic heterocycles.